The summed E-state index contributed by atoms with van der Waals surface area (Å²) in [5.41, 5.74) is 3.24. The molecule has 2 rings (SSSR count). The molecule has 0 fully saturated rings. The van der Waals surface area contributed by atoms with E-state index in [1.54, 1.807) is 7.11 Å². The summed E-state index contributed by atoms with van der Waals surface area (Å²) in [6.45, 7) is 0.746. The SMILES string of the molecule is COc1ccccc1CN(C)c1ccc(Cl)cc1CCl. The summed E-state index contributed by atoms with van der Waals surface area (Å²) in [5, 5.41) is 0.704. The lowest BCUT2D eigenvalue weighted by atomic mass is 10.1. The van der Waals surface area contributed by atoms with Crippen molar-refractivity contribution in [2.24, 2.45) is 0 Å². The second kappa shape index (κ2) is 6.87. The average molecular weight is 310 g/mol. The molecule has 0 spiro atoms. The highest BCUT2D eigenvalue weighted by molar-refractivity contribution is 6.30. The van der Waals surface area contributed by atoms with Crippen molar-refractivity contribution in [2.45, 2.75) is 12.4 Å². The molecular weight excluding hydrogens is 293 g/mol. The molecule has 0 saturated heterocycles. The molecule has 0 unspecified atom stereocenters. The van der Waals surface area contributed by atoms with E-state index in [1.807, 2.05) is 43.4 Å². The van der Waals surface area contributed by atoms with Crippen LogP contribution in [0.3, 0.4) is 0 Å². The van der Waals surface area contributed by atoms with Crippen LogP contribution in [0.25, 0.3) is 0 Å². The monoisotopic (exact) mass is 309 g/mol. The molecule has 0 aliphatic heterocycles. The van der Waals surface area contributed by atoms with Crippen molar-refractivity contribution >= 4 is 28.9 Å². The van der Waals surface area contributed by atoms with E-state index >= 15 is 0 Å². The van der Waals surface area contributed by atoms with Gasteiger partial charge in [0.1, 0.15) is 5.75 Å². The van der Waals surface area contributed by atoms with E-state index in [0.29, 0.717) is 10.9 Å². The molecule has 0 heterocycles. The molecule has 0 bridgehead atoms. The van der Waals surface area contributed by atoms with Gasteiger partial charge < -0.3 is 9.64 Å². The molecule has 0 amide bonds. The van der Waals surface area contributed by atoms with Gasteiger partial charge in [-0.1, -0.05) is 29.8 Å². The summed E-state index contributed by atoms with van der Waals surface area (Å²) in [6, 6.07) is 13.8. The standard InChI is InChI=1S/C16H17Cl2NO/c1-19(11-12-5-3-4-6-16(12)20-2)15-8-7-14(18)9-13(15)10-17/h3-9H,10-11H2,1-2H3. The number of hydrogen-bond acceptors (Lipinski definition) is 2. The third-order valence-electron chi connectivity index (χ3n) is 3.20. The van der Waals surface area contributed by atoms with Crippen LogP contribution in [0.2, 0.25) is 5.02 Å². The molecule has 0 aliphatic rings. The van der Waals surface area contributed by atoms with Gasteiger partial charge in [-0.05, 0) is 29.8 Å². The molecule has 106 valence electrons. The van der Waals surface area contributed by atoms with Crippen LogP contribution in [0.5, 0.6) is 5.75 Å². The predicted octanol–water partition coefficient (Wildman–Crippen LogP) is 4.72. The van der Waals surface area contributed by atoms with Crippen molar-refractivity contribution in [3.8, 4) is 5.75 Å². The molecule has 0 radical (unpaired) electrons. The van der Waals surface area contributed by atoms with E-state index in [2.05, 4.69) is 11.0 Å². The number of ether oxygens (including phenoxy) is 1. The van der Waals surface area contributed by atoms with Crippen molar-refractivity contribution in [1.29, 1.82) is 0 Å². The Morgan fingerprint density at radius 2 is 1.85 bits per heavy atom. The summed E-state index contributed by atoms with van der Waals surface area (Å²) >= 11 is 12.0. The Morgan fingerprint density at radius 1 is 1.10 bits per heavy atom. The zero-order valence-corrected chi connectivity index (χ0v) is 13.1. The van der Waals surface area contributed by atoms with Gasteiger partial charge in [-0.3, -0.25) is 0 Å². The van der Waals surface area contributed by atoms with Crippen molar-refractivity contribution in [1.82, 2.24) is 0 Å². The first-order chi connectivity index (χ1) is 9.65. The molecule has 0 aromatic heterocycles. The Labute approximate surface area is 129 Å². The van der Waals surface area contributed by atoms with Crippen LogP contribution in [0.4, 0.5) is 5.69 Å². The maximum Gasteiger partial charge on any atom is 0.123 e. The van der Waals surface area contributed by atoms with Crippen molar-refractivity contribution in [3.05, 3.63) is 58.6 Å². The molecule has 0 aliphatic carbocycles. The Balaban J connectivity index is 2.26. The zero-order valence-electron chi connectivity index (χ0n) is 11.6. The van der Waals surface area contributed by atoms with Gasteiger partial charge in [0, 0.05) is 35.7 Å². The summed E-state index contributed by atoms with van der Waals surface area (Å²) < 4.78 is 5.38. The van der Waals surface area contributed by atoms with Gasteiger partial charge in [-0.25, -0.2) is 0 Å². The number of alkyl halides is 1. The number of benzene rings is 2. The van der Waals surface area contributed by atoms with Crippen LogP contribution in [-0.2, 0) is 12.4 Å². The summed E-state index contributed by atoms with van der Waals surface area (Å²) in [7, 11) is 3.72. The molecule has 4 heteroatoms. The fraction of sp³-hybridized carbons (Fsp3) is 0.250. The minimum atomic E-state index is 0.437. The van der Waals surface area contributed by atoms with Gasteiger partial charge in [0.25, 0.3) is 0 Å². The number of methoxy groups -OCH3 is 1. The van der Waals surface area contributed by atoms with E-state index in [9.17, 15) is 0 Å². The Morgan fingerprint density at radius 3 is 2.55 bits per heavy atom. The smallest absolute Gasteiger partial charge is 0.123 e. The highest BCUT2D eigenvalue weighted by Crippen LogP contribution is 2.28. The van der Waals surface area contributed by atoms with Crippen LogP contribution in [0.15, 0.2) is 42.5 Å². The lowest BCUT2D eigenvalue weighted by Crippen LogP contribution is -2.18. The van der Waals surface area contributed by atoms with E-state index in [1.165, 1.54) is 0 Å². The normalized spacial score (nSPS) is 10.4. The van der Waals surface area contributed by atoms with Crippen LogP contribution in [0, 0.1) is 0 Å². The number of nitrogens with zero attached hydrogens (tertiary/aromatic N) is 1. The topological polar surface area (TPSA) is 12.5 Å². The number of para-hydroxylation sites is 1. The minimum Gasteiger partial charge on any atom is -0.496 e. The van der Waals surface area contributed by atoms with Crippen molar-refractivity contribution in [2.75, 3.05) is 19.1 Å². The highest BCUT2D eigenvalue weighted by Gasteiger charge is 2.10. The lowest BCUT2D eigenvalue weighted by molar-refractivity contribution is 0.409. The molecule has 2 aromatic rings. The maximum absolute atomic E-state index is 6.01. The summed E-state index contributed by atoms with van der Waals surface area (Å²) in [5.74, 6) is 1.33. The van der Waals surface area contributed by atoms with E-state index in [4.69, 9.17) is 27.9 Å². The largest absolute Gasteiger partial charge is 0.496 e. The molecule has 0 saturated carbocycles. The first-order valence-electron chi connectivity index (χ1n) is 6.33. The molecule has 20 heavy (non-hydrogen) atoms. The number of hydrogen-bond donors (Lipinski definition) is 0. The minimum absolute atomic E-state index is 0.437. The van der Waals surface area contributed by atoms with Crippen LogP contribution in [0.1, 0.15) is 11.1 Å². The first-order valence-corrected chi connectivity index (χ1v) is 7.24. The summed E-state index contributed by atoms with van der Waals surface area (Å²) in [6.07, 6.45) is 0. The Bertz CT molecular complexity index is 586. The Kier molecular flexibility index (Phi) is 5.16. The van der Waals surface area contributed by atoms with Gasteiger partial charge in [-0.15, -0.1) is 11.6 Å². The van der Waals surface area contributed by atoms with Crippen molar-refractivity contribution < 1.29 is 4.74 Å². The first kappa shape index (κ1) is 15.0. The fourth-order valence-electron chi connectivity index (χ4n) is 2.21. The molecule has 0 N–H and O–H groups in total. The summed E-state index contributed by atoms with van der Waals surface area (Å²) in [4.78, 5) is 2.14. The quantitative estimate of drug-likeness (QED) is 0.741. The number of rotatable bonds is 5. The second-order valence-corrected chi connectivity index (χ2v) is 5.28. The van der Waals surface area contributed by atoms with Gasteiger partial charge in [-0.2, -0.15) is 0 Å². The maximum atomic E-state index is 6.01. The molecule has 0 atom stereocenters. The average Bonchev–Trinajstić information content (AvgIpc) is 2.47. The third-order valence-corrected chi connectivity index (χ3v) is 3.72. The van der Waals surface area contributed by atoms with E-state index in [-0.39, 0.29) is 0 Å². The molecular formula is C16H17Cl2NO. The second-order valence-electron chi connectivity index (χ2n) is 4.57. The molecule has 2 nitrogen and oxygen atoms in total. The van der Waals surface area contributed by atoms with Gasteiger partial charge in [0.2, 0.25) is 0 Å². The lowest BCUT2D eigenvalue weighted by Gasteiger charge is -2.23. The Hall–Kier alpha value is -1.38. The molecule has 2 aromatic carbocycles. The van der Waals surface area contributed by atoms with E-state index in [0.717, 1.165) is 29.1 Å². The van der Waals surface area contributed by atoms with Crippen LogP contribution < -0.4 is 9.64 Å². The third kappa shape index (κ3) is 3.38. The van der Waals surface area contributed by atoms with Gasteiger partial charge >= 0.3 is 0 Å². The van der Waals surface area contributed by atoms with Gasteiger partial charge in [0.05, 0.1) is 7.11 Å². The number of halogens is 2. The predicted molar refractivity (Wildman–Crippen MR) is 86.1 cm³/mol. The van der Waals surface area contributed by atoms with Crippen LogP contribution in [-0.4, -0.2) is 14.2 Å². The zero-order chi connectivity index (χ0) is 14.5. The van der Waals surface area contributed by atoms with Gasteiger partial charge in [0.15, 0.2) is 0 Å². The highest BCUT2D eigenvalue weighted by atomic mass is 35.5. The van der Waals surface area contributed by atoms with Crippen molar-refractivity contribution in [3.63, 3.8) is 0 Å². The fourth-order valence-corrected chi connectivity index (χ4v) is 2.62. The number of anilines is 1. The van der Waals surface area contributed by atoms with Crippen LogP contribution >= 0.6 is 23.2 Å². The van der Waals surface area contributed by atoms with E-state index < -0.39 is 0 Å².